The van der Waals surface area contributed by atoms with E-state index in [-0.39, 0.29) is 0 Å². The molecule has 0 aliphatic carbocycles. The van der Waals surface area contributed by atoms with E-state index in [0.717, 1.165) is 17.6 Å². The molecule has 1 unspecified atom stereocenters. The zero-order valence-corrected chi connectivity index (χ0v) is 18.4. The average molecular weight is 404 g/mol. The minimum Gasteiger partial charge on any atom is -0.341 e. The van der Waals surface area contributed by atoms with Crippen LogP contribution >= 0.6 is 0 Å². The zero-order chi connectivity index (χ0) is 21.2. The second-order valence-electron chi connectivity index (χ2n) is 8.72. The molecule has 152 valence electrons. The van der Waals surface area contributed by atoms with Crippen molar-refractivity contribution in [1.29, 1.82) is 0 Å². The first kappa shape index (κ1) is 18.4. The summed E-state index contributed by atoms with van der Waals surface area (Å²) < 4.78 is 3.29. The molecule has 0 radical (unpaired) electrons. The molecule has 0 saturated carbocycles. The molecule has 0 N–H and O–H groups in total. The first-order chi connectivity index (χ1) is 15.2. The number of aryl methyl sites for hydroxylation is 1. The molecular formula is C29H27N2+. The van der Waals surface area contributed by atoms with Crippen molar-refractivity contribution < 1.29 is 0 Å². The molecule has 1 aliphatic heterocycles. The van der Waals surface area contributed by atoms with Crippen molar-refractivity contribution >= 4 is 33.2 Å². The number of quaternary nitrogens is 1. The monoisotopic (exact) mass is 403 g/mol. The van der Waals surface area contributed by atoms with Crippen LogP contribution in [-0.4, -0.2) is 18.2 Å². The Bertz CT molecular complexity index is 1470. The number of rotatable bonds is 3. The molecule has 1 aliphatic rings. The van der Waals surface area contributed by atoms with E-state index in [1.54, 1.807) is 0 Å². The lowest BCUT2D eigenvalue weighted by Gasteiger charge is -2.30. The molecule has 6 rings (SSSR count). The molecule has 0 spiro atoms. The Labute approximate surface area is 183 Å². The van der Waals surface area contributed by atoms with Crippen molar-refractivity contribution in [2.45, 2.75) is 20.4 Å². The van der Waals surface area contributed by atoms with E-state index in [4.69, 9.17) is 0 Å². The summed E-state index contributed by atoms with van der Waals surface area (Å²) in [5.41, 5.74) is 10.8. The van der Waals surface area contributed by atoms with Gasteiger partial charge in [0.2, 0.25) is 0 Å². The van der Waals surface area contributed by atoms with Crippen molar-refractivity contribution in [3.05, 3.63) is 84.9 Å². The molecule has 0 amide bonds. The summed E-state index contributed by atoms with van der Waals surface area (Å²) in [6.45, 7) is 6.52. The fourth-order valence-electron chi connectivity index (χ4n) is 5.66. The molecular weight excluding hydrogens is 376 g/mol. The largest absolute Gasteiger partial charge is 0.341 e. The Morgan fingerprint density at radius 3 is 2.23 bits per heavy atom. The number of hydrogen-bond donors (Lipinski definition) is 0. The molecule has 0 bridgehead atoms. The Morgan fingerprint density at radius 1 is 0.677 bits per heavy atom. The highest BCUT2D eigenvalue weighted by atomic mass is 15.4. The van der Waals surface area contributed by atoms with Gasteiger partial charge in [-0.05, 0) is 49.7 Å². The van der Waals surface area contributed by atoms with Gasteiger partial charge in [0.1, 0.15) is 5.69 Å². The van der Waals surface area contributed by atoms with Crippen LogP contribution in [0, 0.1) is 0 Å². The van der Waals surface area contributed by atoms with Crippen molar-refractivity contribution in [2.24, 2.45) is 0 Å². The van der Waals surface area contributed by atoms with E-state index in [2.05, 4.69) is 110 Å². The Balaban J connectivity index is 1.65. The molecule has 5 aromatic rings. The third-order valence-electron chi connectivity index (χ3n) is 7.29. The minimum atomic E-state index is 0.844. The second-order valence-corrected chi connectivity index (χ2v) is 8.72. The number of para-hydroxylation sites is 3. The number of benzene rings is 4. The van der Waals surface area contributed by atoms with Crippen LogP contribution in [0.15, 0.2) is 84.9 Å². The molecule has 31 heavy (non-hydrogen) atoms. The van der Waals surface area contributed by atoms with Crippen LogP contribution in [0.1, 0.15) is 13.8 Å². The van der Waals surface area contributed by atoms with Gasteiger partial charge < -0.3 is 4.57 Å². The van der Waals surface area contributed by atoms with Crippen molar-refractivity contribution in [1.82, 2.24) is 9.05 Å². The summed E-state index contributed by atoms with van der Waals surface area (Å²) >= 11 is 0. The maximum atomic E-state index is 2.44. The molecule has 4 aromatic carbocycles. The standard InChI is InChI=1S/C29H27N2/c1-4-30-26-15-8-6-11-22(26)23-18-17-20(19-27(23)30)21-13-10-14-25-24-12-7-9-16-28(24)31(3,5-2)29(21)25/h6-19H,4-5H2,1-3H3/q+1. The maximum Gasteiger partial charge on any atom is 0.153 e. The summed E-state index contributed by atoms with van der Waals surface area (Å²) in [6, 6.07) is 31.5. The summed E-state index contributed by atoms with van der Waals surface area (Å²) in [4.78, 5) is 0. The van der Waals surface area contributed by atoms with E-state index in [9.17, 15) is 0 Å². The maximum absolute atomic E-state index is 2.44. The molecule has 2 nitrogen and oxygen atoms in total. The molecule has 0 fully saturated rings. The Hall–Kier alpha value is -3.36. The summed E-state index contributed by atoms with van der Waals surface area (Å²) in [6.07, 6.45) is 0. The Morgan fingerprint density at radius 2 is 1.39 bits per heavy atom. The summed E-state index contributed by atoms with van der Waals surface area (Å²) in [5, 5.41) is 2.68. The van der Waals surface area contributed by atoms with Gasteiger partial charge >= 0.3 is 0 Å². The zero-order valence-electron chi connectivity index (χ0n) is 18.4. The normalized spacial score (nSPS) is 17.3. The molecule has 2 heterocycles. The average Bonchev–Trinajstić information content (AvgIpc) is 3.29. The van der Waals surface area contributed by atoms with Gasteiger partial charge in [-0.1, -0.05) is 48.5 Å². The molecule has 0 saturated heterocycles. The lowest BCUT2D eigenvalue weighted by molar-refractivity contribution is 0.494. The van der Waals surface area contributed by atoms with Crippen molar-refractivity contribution in [2.75, 3.05) is 13.6 Å². The smallest absolute Gasteiger partial charge is 0.153 e. The number of nitrogens with zero attached hydrogens (tertiary/aromatic N) is 2. The van der Waals surface area contributed by atoms with E-state index in [1.807, 2.05) is 0 Å². The number of aromatic nitrogens is 1. The van der Waals surface area contributed by atoms with E-state index in [1.165, 1.54) is 55.4 Å². The van der Waals surface area contributed by atoms with Crippen molar-refractivity contribution in [3.63, 3.8) is 0 Å². The van der Waals surface area contributed by atoms with Gasteiger partial charge in [0.25, 0.3) is 0 Å². The van der Waals surface area contributed by atoms with Gasteiger partial charge in [-0.3, -0.25) is 4.48 Å². The van der Waals surface area contributed by atoms with E-state index < -0.39 is 0 Å². The third kappa shape index (κ3) is 2.37. The van der Waals surface area contributed by atoms with Gasteiger partial charge in [0.15, 0.2) is 5.69 Å². The van der Waals surface area contributed by atoms with Gasteiger partial charge in [0.05, 0.1) is 13.6 Å². The highest BCUT2D eigenvalue weighted by Crippen LogP contribution is 2.55. The van der Waals surface area contributed by atoms with Crippen LogP contribution in [0.25, 0.3) is 44.1 Å². The molecule has 2 heteroatoms. The number of fused-ring (bicyclic) bond motifs is 6. The van der Waals surface area contributed by atoms with Crippen LogP contribution in [0.5, 0.6) is 0 Å². The van der Waals surface area contributed by atoms with Crippen LogP contribution in [0.4, 0.5) is 11.4 Å². The summed E-state index contributed by atoms with van der Waals surface area (Å²) in [7, 11) is 2.36. The van der Waals surface area contributed by atoms with Crippen LogP contribution in [-0.2, 0) is 6.54 Å². The highest BCUT2D eigenvalue weighted by Gasteiger charge is 2.41. The molecule has 1 atom stereocenters. The topological polar surface area (TPSA) is 4.93 Å². The predicted octanol–water partition coefficient (Wildman–Crippen LogP) is 7.75. The van der Waals surface area contributed by atoms with E-state index >= 15 is 0 Å². The van der Waals surface area contributed by atoms with Crippen LogP contribution < -0.4 is 4.48 Å². The van der Waals surface area contributed by atoms with Gasteiger partial charge in [-0.2, -0.15) is 0 Å². The second kappa shape index (κ2) is 6.57. The predicted molar refractivity (Wildman–Crippen MR) is 134 cm³/mol. The first-order valence-corrected chi connectivity index (χ1v) is 11.3. The van der Waals surface area contributed by atoms with Crippen molar-refractivity contribution in [3.8, 4) is 22.3 Å². The molecule has 1 aromatic heterocycles. The quantitative estimate of drug-likeness (QED) is 0.271. The van der Waals surface area contributed by atoms with E-state index in [0.29, 0.717) is 0 Å². The first-order valence-electron chi connectivity index (χ1n) is 11.3. The lowest BCUT2D eigenvalue weighted by Crippen LogP contribution is -2.37. The van der Waals surface area contributed by atoms with Crippen LogP contribution in [0.3, 0.4) is 0 Å². The fraction of sp³-hybridized carbons (Fsp3) is 0.172. The SMILES string of the molecule is CCn1c2ccccc2c2ccc(-c3cccc4c3[N+](C)(CC)c3ccccc3-4)cc21. The minimum absolute atomic E-state index is 0.844. The lowest BCUT2D eigenvalue weighted by atomic mass is 9.97. The van der Waals surface area contributed by atoms with Gasteiger partial charge in [0, 0.05) is 51.1 Å². The fourth-order valence-corrected chi connectivity index (χ4v) is 5.66. The highest BCUT2D eigenvalue weighted by molar-refractivity contribution is 6.10. The Kier molecular flexibility index (Phi) is 3.90. The third-order valence-corrected chi connectivity index (χ3v) is 7.29. The number of hydrogen-bond acceptors (Lipinski definition) is 0. The summed E-state index contributed by atoms with van der Waals surface area (Å²) in [5.74, 6) is 0. The van der Waals surface area contributed by atoms with Gasteiger partial charge in [-0.25, -0.2) is 0 Å². The van der Waals surface area contributed by atoms with Gasteiger partial charge in [-0.15, -0.1) is 0 Å². The van der Waals surface area contributed by atoms with Crippen LogP contribution in [0.2, 0.25) is 0 Å².